The molecular formula is C23H24IO3+. The maximum atomic E-state index is 6.10. The monoisotopic (exact) mass is 475 g/mol. The van der Waals surface area contributed by atoms with Crippen LogP contribution in [-0.4, -0.2) is 33.5 Å². The van der Waals surface area contributed by atoms with Gasteiger partial charge in [-0.2, -0.15) is 0 Å². The van der Waals surface area contributed by atoms with Crippen LogP contribution in [0.3, 0.4) is 0 Å². The molecule has 27 heavy (non-hydrogen) atoms. The topological polar surface area (TPSA) is 27.7 Å². The van der Waals surface area contributed by atoms with Crippen molar-refractivity contribution in [3.8, 4) is 16.9 Å². The van der Waals surface area contributed by atoms with Crippen LogP contribution >= 0.6 is 0 Å². The average Bonchev–Trinajstić information content (AvgIpc) is 2.72. The summed E-state index contributed by atoms with van der Waals surface area (Å²) >= 11 is -0.291. The van der Waals surface area contributed by atoms with Crippen molar-refractivity contribution in [3.63, 3.8) is 0 Å². The average molecular weight is 475 g/mol. The second kappa shape index (κ2) is 11.1. The van der Waals surface area contributed by atoms with Crippen molar-refractivity contribution in [1.29, 1.82) is 0 Å². The fourth-order valence-corrected chi connectivity index (χ4v) is 5.32. The summed E-state index contributed by atoms with van der Waals surface area (Å²) in [4.78, 5) is 0. The molecule has 3 nitrogen and oxygen atoms in total. The zero-order valence-corrected chi connectivity index (χ0v) is 17.6. The zero-order valence-electron chi connectivity index (χ0n) is 15.4. The SMILES string of the molecule is COCCOCCOc1cccc([I+]c2ccccc2)c1-c1ccccc1. The van der Waals surface area contributed by atoms with E-state index in [9.17, 15) is 0 Å². The van der Waals surface area contributed by atoms with E-state index in [0.29, 0.717) is 26.4 Å². The van der Waals surface area contributed by atoms with Gasteiger partial charge in [-0.05, 0) is 29.8 Å². The molecule has 0 spiro atoms. The Kier molecular flexibility index (Phi) is 8.14. The Morgan fingerprint density at radius 1 is 0.704 bits per heavy atom. The van der Waals surface area contributed by atoms with E-state index in [1.807, 2.05) is 6.07 Å². The summed E-state index contributed by atoms with van der Waals surface area (Å²) in [7, 11) is 1.67. The molecule has 0 bridgehead atoms. The van der Waals surface area contributed by atoms with Crippen LogP contribution < -0.4 is 25.9 Å². The lowest BCUT2D eigenvalue weighted by molar-refractivity contribution is -0.596. The highest BCUT2D eigenvalue weighted by Crippen LogP contribution is 2.29. The van der Waals surface area contributed by atoms with E-state index in [1.54, 1.807) is 7.11 Å². The molecule has 0 aliphatic rings. The summed E-state index contributed by atoms with van der Waals surface area (Å²) in [5.41, 5.74) is 2.39. The Bertz CT molecular complexity index is 806. The highest BCUT2D eigenvalue weighted by atomic mass is 127. The number of rotatable bonds is 10. The summed E-state index contributed by atoms with van der Waals surface area (Å²) in [6.07, 6.45) is 0. The van der Waals surface area contributed by atoms with Crippen LogP contribution in [0.25, 0.3) is 11.1 Å². The molecule has 3 rings (SSSR count). The minimum absolute atomic E-state index is 0.291. The Labute approximate surface area is 171 Å². The van der Waals surface area contributed by atoms with Crippen molar-refractivity contribution in [2.75, 3.05) is 33.5 Å². The van der Waals surface area contributed by atoms with E-state index in [1.165, 1.54) is 18.3 Å². The van der Waals surface area contributed by atoms with Crippen molar-refractivity contribution in [2.24, 2.45) is 0 Å². The molecule has 0 aromatic heterocycles. The van der Waals surface area contributed by atoms with Crippen molar-refractivity contribution in [1.82, 2.24) is 0 Å². The van der Waals surface area contributed by atoms with E-state index in [2.05, 4.69) is 72.8 Å². The molecule has 0 aliphatic carbocycles. The lowest BCUT2D eigenvalue weighted by atomic mass is 10.1. The molecule has 0 amide bonds. The van der Waals surface area contributed by atoms with Gasteiger partial charge in [0, 0.05) is 7.11 Å². The first-order valence-electron chi connectivity index (χ1n) is 8.96. The van der Waals surface area contributed by atoms with Gasteiger partial charge in [-0.3, -0.25) is 0 Å². The summed E-state index contributed by atoms with van der Waals surface area (Å²) in [5, 5.41) is 0. The summed E-state index contributed by atoms with van der Waals surface area (Å²) in [5.74, 6) is 0.921. The molecule has 3 aromatic carbocycles. The van der Waals surface area contributed by atoms with Crippen LogP contribution in [0, 0.1) is 7.14 Å². The highest BCUT2D eigenvalue weighted by molar-refractivity contribution is 5.69. The van der Waals surface area contributed by atoms with Crippen LogP contribution in [0.2, 0.25) is 0 Å². The van der Waals surface area contributed by atoms with Gasteiger partial charge in [0.2, 0.25) is 3.57 Å². The van der Waals surface area contributed by atoms with Crippen molar-refractivity contribution < 1.29 is 35.4 Å². The molecule has 0 aliphatic heterocycles. The van der Waals surface area contributed by atoms with Crippen LogP contribution in [0.1, 0.15) is 0 Å². The van der Waals surface area contributed by atoms with Gasteiger partial charge >= 0.3 is 21.2 Å². The number of ether oxygens (including phenoxy) is 3. The van der Waals surface area contributed by atoms with Crippen LogP contribution in [0.5, 0.6) is 5.75 Å². The first-order valence-corrected chi connectivity index (χ1v) is 11.1. The van der Waals surface area contributed by atoms with Gasteiger partial charge in [0.25, 0.3) is 0 Å². The third kappa shape index (κ3) is 6.06. The van der Waals surface area contributed by atoms with E-state index in [-0.39, 0.29) is 21.2 Å². The van der Waals surface area contributed by atoms with Gasteiger partial charge in [-0.15, -0.1) is 0 Å². The number of methoxy groups -OCH3 is 1. The van der Waals surface area contributed by atoms with Crippen molar-refractivity contribution in [2.45, 2.75) is 0 Å². The third-order valence-electron chi connectivity index (χ3n) is 3.90. The molecule has 4 heteroatoms. The first kappa shape index (κ1) is 19.9. The number of hydrogen-bond acceptors (Lipinski definition) is 3. The zero-order chi connectivity index (χ0) is 18.7. The molecule has 0 atom stereocenters. The summed E-state index contributed by atoms with van der Waals surface area (Å²) in [6, 6.07) is 27.5. The van der Waals surface area contributed by atoms with Gasteiger partial charge in [-0.25, -0.2) is 0 Å². The lowest BCUT2D eigenvalue weighted by Crippen LogP contribution is -3.61. The Hall–Kier alpha value is -1.89. The first-order chi connectivity index (χ1) is 13.4. The van der Waals surface area contributed by atoms with Gasteiger partial charge in [0.05, 0.1) is 25.4 Å². The Balaban J connectivity index is 1.81. The standard InChI is InChI=1S/C23H24IO3/c1-25-15-16-26-17-18-27-22-14-8-13-21(24-20-11-6-3-7-12-20)23(22)19-9-4-2-5-10-19/h2-14H,15-18H2,1H3/q+1. The quantitative estimate of drug-likeness (QED) is 0.329. The van der Waals surface area contributed by atoms with Gasteiger partial charge < -0.3 is 14.2 Å². The Morgan fingerprint density at radius 2 is 1.41 bits per heavy atom. The summed E-state index contributed by atoms with van der Waals surface area (Å²) in [6.45, 7) is 2.27. The molecule has 0 heterocycles. The molecule has 0 unspecified atom stereocenters. The molecule has 0 saturated heterocycles. The molecule has 0 N–H and O–H groups in total. The van der Waals surface area contributed by atoms with Crippen molar-refractivity contribution in [3.05, 3.63) is 86.0 Å². The third-order valence-corrected chi connectivity index (χ3v) is 6.72. The molecule has 0 fully saturated rings. The highest BCUT2D eigenvalue weighted by Gasteiger charge is 2.24. The predicted octanol–water partition coefficient (Wildman–Crippen LogP) is 1.52. The van der Waals surface area contributed by atoms with Gasteiger partial charge in [-0.1, -0.05) is 54.6 Å². The van der Waals surface area contributed by atoms with Crippen LogP contribution in [0.15, 0.2) is 78.9 Å². The predicted molar refractivity (Wildman–Crippen MR) is 104 cm³/mol. The van der Waals surface area contributed by atoms with Crippen LogP contribution in [0.4, 0.5) is 0 Å². The normalized spacial score (nSPS) is 10.7. The summed E-state index contributed by atoms with van der Waals surface area (Å²) < 4.78 is 19.4. The number of benzene rings is 3. The molecule has 0 saturated carbocycles. The second-order valence-electron chi connectivity index (χ2n) is 5.82. The molecule has 0 radical (unpaired) electrons. The maximum absolute atomic E-state index is 6.10. The van der Waals surface area contributed by atoms with E-state index in [0.717, 1.165) is 5.75 Å². The fraction of sp³-hybridized carbons (Fsp3) is 0.217. The van der Waals surface area contributed by atoms with Crippen LogP contribution in [-0.2, 0) is 9.47 Å². The molecule has 3 aromatic rings. The van der Waals surface area contributed by atoms with Gasteiger partial charge in [0.15, 0.2) is 3.57 Å². The Morgan fingerprint density at radius 3 is 2.15 bits per heavy atom. The molecule has 140 valence electrons. The number of hydrogen-bond donors (Lipinski definition) is 0. The smallest absolute Gasteiger partial charge is 0.358 e. The fourth-order valence-electron chi connectivity index (χ4n) is 2.64. The largest absolute Gasteiger partial charge is 0.490 e. The lowest BCUT2D eigenvalue weighted by Gasteiger charge is -2.12. The minimum atomic E-state index is -0.291. The number of halogens is 1. The molecular weight excluding hydrogens is 451 g/mol. The van der Waals surface area contributed by atoms with Gasteiger partial charge in [0.1, 0.15) is 12.4 Å². The minimum Gasteiger partial charge on any atom is -0.490 e. The van der Waals surface area contributed by atoms with E-state index in [4.69, 9.17) is 14.2 Å². The maximum Gasteiger partial charge on any atom is 0.358 e. The van der Waals surface area contributed by atoms with Crippen molar-refractivity contribution >= 4 is 0 Å². The van der Waals surface area contributed by atoms with E-state index < -0.39 is 0 Å². The van der Waals surface area contributed by atoms with E-state index >= 15 is 0 Å². The second-order valence-corrected chi connectivity index (χ2v) is 8.77.